The maximum absolute atomic E-state index is 11.4. The Hall–Kier alpha value is -1.36. The second-order valence-corrected chi connectivity index (χ2v) is 4.38. The molecule has 0 aliphatic heterocycles. The van der Waals surface area contributed by atoms with E-state index in [0.717, 1.165) is 37.4 Å². The summed E-state index contributed by atoms with van der Waals surface area (Å²) in [5.41, 5.74) is 2.16. The summed E-state index contributed by atoms with van der Waals surface area (Å²) in [4.78, 5) is 13.5. The zero-order valence-corrected chi connectivity index (χ0v) is 11.8. The number of ether oxygens (including phenoxy) is 1. The van der Waals surface area contributed by atoms with Crippen LogP contribution >= 0.6 is 0 Å². The molecular weight excluding hydrogens is 230 g/mol. The molecule has 1 rings (SSSR count). The molecule has 0 saturated carbocycles. The molecule has 0 aromatic carbocycles. The van der Waals surface area contributed by atoms with Crippen molar-refractivity contribution < 1.29 is 9.53 Å². The first-order chi connectivity index (χ1) is 8.60. The van der Waals surface area contributed by atoms with Crippen LogP contribution in [0.3, 0.4) is 0 Å². The monoisotopic (exact) mass is 253 g/mol. The van der Waals surface area contributed by atoms with Gasteiger partial charge in [0.1, 0.15) is 0 Å². The van der Waals surface area contributed by atoms with Gasteiger partial charge in [-0.2, -0.15) is 5.10 Å². The predicted molar refractivity (Wildman–Crippen MR) is 70.2 cm³/mol. The van der Waals surface area contributed by atoms with Crippen LogP contribution < -0.4 is 0 Å². The van der Waals surface area contributed by atoms with E-state index in [0.29, 0.717) is 6.54 Å². The van der Waals surface area contributed by atoms with Gasteiger partial charge in [0, 0.05) is 13.1 Å². The van der Waals surface area contributed by atoms with E-state index in [9.17, 15) is 4.79 Å². The number of aromatic nitrogens is 2. The van der Waals surface area contributed by atoms with Crippen molar-refractivity contribution in [2.75, 3.05) is 20.2 Å². The van der Waals surface area contributed by atoms with Gasteiger partial charge in [0.2, 0.25) is 0 Å². The Labute approximate surface area is 109 Å². The number of carbonyl (C=O) groups is 1. The molecule has 18 heavy (non-hydrogen) atoms. The molecule has 0 amide bonds. The Morgan fingerprint density at radius 3 is 2.78 bits per heavy atom. The summed E-state index contributed by atoms with van der Waals surface area (Å²) >= 11 is 0. The van der Waals surface area contributed by atoms with Gasteiger partial charge in [0.25, 0.3) is 0 Å². The largest absolute Gasteiger partial charge is 0.468 e. The molecule has 0 atom stereocenters. The van der Waals surface area contributed by atoms with Crippen LogP contribution in [0.2, 0.25) is 0 Å². The molecule has 0 fully saturated rings. The summed E-state index contributed by atoms with van der Waals surface area (Å²) in [6.45, 7) is 8.95. The molecule has 1 heterocycles. The van der Waals surface area contributed by atoms with E-state index in [1.54, 1.807) is 0 Å². The van der Waals surface area contributed by atoms with E-state index >= 15 is 0 Å². The third kappa shape index (κ3) is 4.14. The fraction of sp³-hybridized carbons (Fsp3) is 0.692. The normalized spacial score (nSPS) is 10.9. The fourth-order valence-corrected chi connectivity index (χ4v) is 2.01. The van der Waals surface area contributed by atoms with E-state index in [1.807, 2.05) is 11.6 Å². The third-order valence-electron chi connectivity index (χ3n) is 2.79. The molecule has 0 N–H and O–H groups in total. The zero-order valence-electron chi connectivity index (χ0n) is 11.8. The van der Waals surface area contributed by atoms with E-state index in [2.05, 4.69) is 29.9 Å². The van der Waals surface area contributed by atoms with Crippen LogP contribution in [0.1, 0.15) is 31.7 Å². The molecule has 1 aromatic rings. The Bertz CT molecular complexity index is 388. The molecule has 5 nitrogen and oxygen atoms in total. The summed E-state index contributed by atoms with van der Waals surface area (Å²) in [6, 6.07) is 2.07. The molecule has 1 aromatic heterocycles. The predicted octanol–water partition coefficient (Wildman–Crippen LogP) is 1.60. The molecule has 0 bridgehead atoms. The van der Waals surface area contributed by atoms with E-state index in [-0.39, 0.29) is 5.97 Å². The van der Waals surface area contributed by atoms with Crippen LogP contribution in [0, 0.1) is 6.92 Å². The Kier molecular flexibility index (Phi) is 5.85. The van der Waals surface area contributed by atoms with Gasteiger partial charge in [-0.3, -0.25) is 14.4 Å². The van der Waals surface area contributed by atoms with Crippen molar-refractivity contribution in [3.05, 3.63) is 17.5 Å². The molecule has 0 unspecified atom stereocenters. The number of hydrogen-bond acceptors (Lipinski definition) is 4. The summed E-state index contributed by atoms with van der Waals surface area (Å²) in [5, 5.41) is 4.42. The van der Waals surface area contributed by atoms with Crippen molar-refractivity contribution in [3.8, 4) is 0 Å². The summed E-state index contributed by atoms with van der Waals surface area (Å²) in [5.74, 6) is -0.192. The maximum Gasteiger partial charge on any atom is 0.319 e. The van der Waals surface area contributed by atoms with Crippen LogP contribution in [-0.4, -0.2) is 40.8 Å². The Morgan fingerprint density at radius 1 is 1.50 bits per heavy atom. The minimum absolute atomic E-state index is 0.192. The van der Waals surface area contributed by atoms with Gasteiger partial charge in [0.05, 0.1) is 25.0 Å². The standard InChI is InChI=1S/C13H23N3O2/c1-5-7-15(10-13(17)18-4)9-12-8-11(3)14-16(12)6-2/h8H,5-7,9-10H2,1-4H3. The number of nitrogens with zero attached hydrogens (tertiary/aromatic N) is 3. The first-order valence-electron chi connectivity index (χ1n) is 6.43. The van der Waals surface area contributed by atoms with Crippen molar-refractivity contribution in [1.82, 2.24) is 14.7 Å². The third-order valence-corrected chi connectivity index (χ3v) is 2.79. The SMILES string of the molecule is CCCN(CC(=O)OC)Cc1cc(C)nn1CC. The average Bonchev–Trinajstić information content (AvgIpc) is 2.69. The number of aryl methyl sites for hydroxylation is 2. The lowest BCUT2D eigenvalue weighted by molar-refractivity contribution is -0.142. The average molecular weight is 253 g/mol. The van der Waals surface area contributed by atoms with Crippen molar-refractivity contribution in [2.24, 2.45) is 0 Å². The van der Waals surface area contributed by atoms with E-state index in [4.69, 9.17) is 4.74 Å². The van der Waals surface area contributed by atoms with Gasteiger partial charge in [-0.1, -0.05) is 6.92 Å². The van der Waals surface area contributed by atoms with Crippen molar-refractivity contribution >= 4 is 5.97 Å². The van der Waals surface area contributed by atoms with E-state index in [1.165, 1.54) is 7.11 Å². The summed E-state index contributed by atoms with van der Waals surface area (Å²) < 4.78 is 6.70. The lowest BCUT2D eigenvalue weighted by atomic mass is 10.3. The van der Waals surface area contributed by atoms with Gasteiger partial charge >= 0.3 is 5.97 Å². The number of rotatable bonds is 7. The van der Waals surface area contributed by atoms with Crippen LogP contribution in [0.4, 0.5) is 0 Å². The second-order valence-electron chi connectivity index (χ2n) is 4.38. The fourth-order valence-electron chi connectivity index (χ4n) is 2.01. The summed E-state index contributed by atoms with van der Waals surface area (Å²) in [6.07, 6.45) is 1.01. The number of hydrogen-bond donors (Lipinski definition) is 0. The van der Waals surface area contributed by atoms with E-state index < -0.39 is 0 Å². The van der Waals surface area contributed by atoms with Gasteiger partial charge in [-0.25, -0.2) is 0 Å². The van der Waals surface area contributed by atoms with Crippen molar-refractivity contribution in [3.63, 3.8) is 0 Å². The molecule has 0 aliphatic carbocycles. The number of carbonyl (C=O) groups excluding carboxylic acids is 1. The van der Waals surface area contributed by atoms with Gasteiger partial charge in [-0.05, 0) is 32.9 Å². The zero-order chi connectivity index (χ0) is 13.5. The molecule has 102 valence electrons. The number of methoxy groups -OCH3 is 1. The topological polar surface area (TPSA) is 47.4 Å². The minimum Gasteiger partial charge on any atom is -0.468 e. The van der Waals surface area contributed by atoms with Crippen molar-refractivity contribution in [1.29, 1.82) is 0 Å². The van der Waals surface area contributed by atoms with Crippen LogP contribution in [-0.2, 0) is 22.6 Å². The second kappa shape index (κ2) is 7.16. The molecule has 5 heteroatoms. The first-order valence-corrected chi connectivity index (χ1v) is 6.43. The van der Waals surface area contributed by atoms with Gasteiger partial charge in [-0.15, -0.1) is 0 Å². The van der Waals surface area contributed by atoms with Crippen molar-refractivity contribution in [2.45, 2.75) is 40.3 Å². The smallest absolute Gasteiger partial charge is 0.319 e. The molecule has 0 aliphatic rings. The van der Waals surface area contributed by atoms with Crippen LogP contribution in [0.25, 0.3) is 0 Å². The summed E-state index contributed by atoms with van der Waals surface area (Å²) in [7, 11) is 1.42. The molecule has 0 saturated heterocycles. The van der Waals surface area contributed by atoms with Gasteiger partial charge < -0.3 is 4.74 Å². The Balaban J connectivity index is 2.72. The highest BCUT2D eigenvalue weighted by Gasteiger charge is 2.13. The lowest BCUT2D eigenvalue weighted by Gasteiger charge is -2.20. The highest BCUT2D eigenvalue weighted by atomic mass is 16.5. The lowest BCUT2D eigenvalue weighted by Crippen LogP contribution is -2.31. The van der Waals surface area contributed by atoms with Gasteiger partial charge in [0.15, 0.2) is 0 Å². The number of esters is 1. The van der Waals surface area contributed by atoms with Crippen LogP contribution in [0.5, 0.6) is 0 Å². The highest BCUT2D eigenvalue weighted by Crippen LogP contribution is 2.08. The quantitative estimate of drug-likeness (QED) is 0.692. The highest BCUT2D eigenvalue weighted by molar-refractivity contribution is 5.71. The Morgan fingerprint density at radius 2 is 2.22 bits per heavy atom. The molecule has 0 radical (unpaired) electrons. The first kappa shape index (κ1) is 14.7. The molecular formula is C13H23N3O2. The molecule has 0 spiro atoms. The minimum atomic E-state index is -0.192. The van der Waals surface area contributed by atoms with Crippen LogP contribution in [0.15, 0.2) is 6.07 Å². The maximum atomic E-state index is 11.4.